The van der Waals surface area contributed by atoms with Crippen molar-refractivity contribution in [3.8, 4) is 0 Å². The number of anilines is 2. The van der Waals surface area contributed by atoms with Crippen molar-refractivity contribution in [2.24, 2.45) is 20.0 Å². The van der Waals surface area contributed by atoms with Crippen LogP contribution in [0, 0.1) is 5.92 Å². The van der Waals surface area contributed by atoms with E-state index in [1.54, 1.807) is 24.3 Å². The molecular weight excluding hydrogens is 410 g/mol. The molecule has 1 unspecified atom stereocenters. The number of carbonyl (C=O) groups excluding carboxylic acids is 2. The number of hydrogen-bond donors (Lipinski definition) is 1. The Morgan fingerprint density at radius 3 is 2.50 bits per heavy atom. The summed E-state index contributed by atoms with van der Waals surface area (Å²) < 4.78 is 2.20. The minimum atomic E-state index is -0.590. The van der Waals surface area contributed by atoms with Crippen LogP contribution in [0.25, 0.3) is 11.0 Å². The zero-order valence-electron chi connectivity index (χ0n) is 16.3. The first-order valence-corrected chi connectivity index (χ1v) is 9.57. The van der Waals surface area contributed by atoms with Crippen LogP contribution in [-0.2, 0) is 23.7 Å². The summed E-state index contributed by atoms with van der Waals surface area (Å²) in [5, 5.41) is 3.43. The molecule has 9 nitrogen and oxygen atoms in total. The Kier molecular flexibility index (Phi) is 4.90. The molecule has 30 heavy (non-hydrogen) atoms. The Balaban J connectivity index is 1.63. The van der Waals surface area contributed by atoms with Crippen LogP contribution in [0.3, 0.4) is 0 Å². The number of rotatable bonds is 3. The number of nitrogens with one attached hydrogen (secondary N) is 1. The van der Waals surface area contributed by atoms with Gasteiger partial charge in [0.15, 0.2) is 5.65 Å². The second-order valence-corrected chi connectivity index (χ2v) is 7.57. The smallest absolute Gasteiger partial charge is 0.325 e. The number of aromatic nitrogens is 3. The maximum atomic E-state index is 12.9. The summed E-state index contributed by atoms with van der Waals surface area (Å²) in [7, 11) is 2.87. The fourth-order valence-electron chi connectivity index (χ4n) is 3.58. The molecule has 0 aliphatic carbocycles. The zero-order chi connectivity index (χ0) is 21.6. The SMILES string of the molecule is Cn1c(=O)c2c(NC(=O)C3CC(=O)N(c4ccc(Cl)cc4)C3)ccnc2n(C)c1=O. The average Bonchev–Trinajstić information content (AvgIpc) is 3.13. The number of hydrogen-bond acceptors (Lipinski definition) is 5. The largest absolute Gasteiger partial charge is 0.332 e. The topological polar surface area (TPSA) is 106 Å². The first kappa shape index (κ1) is 19.8. The van der Waals surface area contributed by atoms with Gasteiger partial charge in [0.1, 0.15) is 5.39 Å². The average molecular weight is 428 g/mol. The molecule has 0 radical (unpaired) electrons. The molecule has 3 aromatic rings. The quantitative estimate of drug-likeness (QED) is 0.677. The Bertz CT molecular complexity index is 1300. The Morgan fingerprint density at radius 1 is 1.10 bits per heavy atom. The van der Waals surface area contributed by atoms with Crippen LogP contribution in [0.4, 0.5) is 11.4 Å². The van der Waals surface area contributed by atoms with Crippen molar-refractivity contribution in [2.45, 2.75) is 6.42 Å². The second-order valence-electron chi connectivity index (χ2n) is 7.13. The van der Waals surface area contributed by atoms with Crippen molar-refractivity contribution in [2.75, 3.05) is 16.8 Å². The van der Waals surface area contributed by atoms with Crippen molar-refractivity contribution in [1.29, 1.82) is 0 Å². The Hall–Kier alpha value is -3.46. The van der Waals surface area contributed by atoms with E-state index >= 15 is 0 Å². The predicted octanol–water partition coefficient (Wildman–Crippen LogP) is 1.28. The van der Waals surface area contributed by atoms with Crippen LogP contribution < -0.4 is 21.5 Å². The molecule has 1 aliphatic rings. The summed E-state index contributed by atoms with van der Waals surface area (Å²) in [6.45, 7) is 0.214. The van der Waals surface area contributed by atoms with Crippen LogP contribution in [0.1, 0.15) is 6.42 Å². The minimum absolute atomic E-state index is 0.0496. The summed E-state index contributed by atoms with van der Waals surface area (Å²) in [6.07, 6.45) is 1.46. The van der Waals surface area contributed by atoms with E-state index < -0.39 is 17.2 Å². The molecule has 154 valence electrons. The molecule has 1 fully saturated rings. The molecule has 1 aromatic carbocycles. The molecule has 0 spiro atoms. The normalized spacial score (nSPS) is 16.3. The van der Waals surface area contributed by atoms with Gasteiger partial charge in [-0.3, -0.25) is 23.5 Å². The predicted molar refractivity (Wildman–Crippen MR) is 113 cm³/mol. The third-order valence-corrected chi connectivity index (χ3v) is 5.49. The zero-order valence-corrected chi connectivity index (χ0v) is 17.0. The number of carbonyl (C=O) groups is 2. The summed E-state index contributed by atoms with van der Waals surface area (Å²) in [5.41, 5.74) is 0.0213. The van der Waals surface area contributed by atoms with Gasteiger partial charge in [-0.15, -0.1) is 0 Å². The van der Waals surface area contributed by atoms with Crippen LogP contribution in [0.15, 0.2) is 46.1 Å². The Morgan fingerprint density at radius 2 is 1.80 bits per heavy atom. The molecule has 0 saturated carbocycles. The van der Waals surface area contributed by atoms with Gasteiger partial charge in [-0.05, 0) is 30.3 Å². The molecule has 1 atom stereocenters. The number of pyridine rings is 1. The summed E-state index contributed by atoms with van der Waals surface area (Å²) in [5.74, 6) is -1.15. The molecule has 2 aromatic heterocycles. The van der Waals surface area contributed by atoms with Gasteiger partial charge in [-0.2, -0.15) is 0 Å². The molecule has 3 heterocycles. The first-order valence-electron chi connectivity index (χ1n) is 9.19. The number of aryl methyl sites for hydroxylation is 1. The van der Waals surface area contributed by atoms with Crippen LogP contribution in [0.5, 0.6) is 0 Å². The van der Waals surface area contributed by atoms with E-state index in [1.165, 1.54) is 35.8 Å². The lowest BCUT2D eigenvalue weighted by molar-refractivity contribution is -0.122. The van der Waals surface area contributed by atoms with Crippen molar-refractivity contribution < 1.29 is 9.59 Å². The molecule has 1 aliphatic heterocycles. The van der Waals surface area contributed by atoms with Gasteiger partial charge >= 0.3 is 5.69 Å². The number of amides is 2. The third kappa shape index (κ3) is 3.26. The van der Waals surface area contributed by atoms with E-state index in [1.807, 2.05) is 0 Å². The first-order chi connectivity index (χ1) is 14.3. The number of fused-ring (bicyclic) bond motifs is 1. The van der Waals surface area contributed by atoms with Gasteiger partial charge in [0.25, 0.3) is 5.56 Å². The molecule has 2 amide bonds. The third-order valence-electron chi connectivity index (χ3n) is 5.23. The number of halogens is 1. The highest BCUT2D eigenvalue weighted by Gasteiger charge is 2.35. The van der Waals surface area contributed by atoms with E-state index in [0.29, 0.717) is 10.7 Å². The summed E-state index contributed by atoms with van der Waals surface area (Å²) in [6, 6.07) is 8.31. The van der Waals surface area contributed by atoms with Gasteiger partial charge in [0.2, 0.25) is 11.8 Å². The fourth-order valence-corrected chi connectivity index (χ4v) is 3.70. The Labute approximate surface area is 175 Å². The molecule has 1 saturated heterocycles. The highest BCUT2D eigenvalue weighted by Crippen LogP contribution is 2.27. The fraction of sp³-hybridized carbons (Fsp3) is 0.250. The lowest BCUT2D eigenvalue weighted by Crippen LogP contribution is -2.38. The highest BCUT2D eigenvalue weighted by molar-refractivity contribution is 6.30. The number of nitrogens with zero attached hydrogens (tertiary/aromatic N) is 4. The van der Waals surface area contributed by atoms with Gasteiger partial charge < -0.3 is 10.2 Å². The molecule has 1 N–H and O–H groups in total. The lowest BCUT2D eigenvalue weighted by Gasteiger charge is -2.17. The summed E-state index contributed by atoms with van der Waals surface area (Å²) >= 11 is 5.90. The molecule has 0 bridgehead atoms. The standard InChI is InChI=1S/C20H18ClN5O4/c1-24-17-16(19(29)25(2)20(24)30)14(7-8-22-17)23-18(28)11-9-15(27)26(10-11)13-5-3-12(21)4-6-13/h3-8,11H,9-10H2,1-2H3,(H,22,23,28). The van der Waals surface area contributed by atoms with Crippen molar-refractivity contribution in [3.05, 3.63) is 62.4 Å². The van der Waals surface area contributed by atoms with Crippen LogP contribution in [0.2, 0.25) is 5.02 Å². The van der Waals surface area contributed by atoms with E-state index in [0.717, 1.165) is 4.57 Å². The second kappa shape index (κ2) is 7.42. The lowest BCUT2D eigenvalue weighted by atomic mass is 10.1. The van der Waals surface area contributed by atoms with Gasteiger partial charge in [0.05, 0.1) is 11.6 Å². The van der Waals surface area contributed by atoms with Gasteiger partial charge in [-0.1, -0.05) is 11.6 Å². The van der Waals surface area contributed by atoms with E-state index in [4.69, 9.17) is 11.6 Å². The highest BCUT2D eigenvalue weighted by atomic mass is 35.5. The molecule has 4 rings (SSSR count). The van der Waals surface area contributed by atoms with Crippen molar-refractivity contribution in [3.63, 3.8) is 0 Å². The monoisotopic (exact) mass is 427 g/mol. The van der Waals surface area contributed by atoms with E-state index in [9.17, 15) is 19.2 Å². The van der Waals surface area contributed by atoms with Crippen molar-refractivity contribution in [1.82, 2.24) is 14.1 Å². The van der Waals surface area contributed by atoms with Gasteiger partial charge in [0, 0.05) is 44.0 Å². The molecule has 10 heteroatoms. The van der Waals surface area contributed by atoms with Crippen LogP contribution in [-0.4, -0.2) is 32.5 Å². The van der Waals surface area contributed by atoms with E-state index in [-0.39, 0.29) is 41.5 Å². The summed E-state index contributed by atoms with van der Waals surface area (Å²) in [4.78, 5) is 55.7. The maximum Gasteiger partial charge on any atom is 0.332 e. The molecular formula is C20H18ClN5O4. The number of benzene rings is 1. The van der Waals surface area contributed by atoms with Crippen LogP contribution >= 0.6 is 11.6 Å². The maximum absolute atomic E-state index is 12.9. The van der Waals surface area contributed by atoms with Gasteiger partial charge in [-0.25, -0.2) is 9.78 Å². The minimum Gasteiger partial charge on any atom is -0.325 e. The van der Waals surface area contributed by atoms with E-state index in [2.05, 4.69) is 10.3 Å². The van der Waals surface area contributed by atoms with Crippen molar-refractivity contribution >= 4 is 45.8 Å².